The van der Waals surface area contributed by atoms with Gasteiger partial charge in [-0.2, -0.15) is 0 Å². The van der Waals surface area contributed by atoms with Gasteiger partial charge >= 0.3 is 0 Å². The van der Waals surface area contributed by atoms with Gasteiger partial charge in [-0.1, -0.05) is 12.1 Å². The lowest BCUT2D eigenvalue weighted by Gasteiger charge is -2.08. The van der Waals surface area contributed by atoms with E-state index in [-0.39, 0.29) is 5.38 Å². The van der Waals surface area contributed by atoms with Crippen molar-refractivity contribution in [3.63, 3.8) is 0 Å². The molecule has 17 heavy (non-hydrogen) atoms. The molecule has 0 spiro atoms. The van der Waals surface area contributed by atoms with Crippen molar-refractivity contribution in [2.75, 3.05) is 7.11 Å². The minimum Gasteiger partial charge on any atom is -0.497 e. The average molecular weight is 251 g/mol. The van der Waals surface area contributed by atoms with E-state index in [2.05, 4.69) is 0 Å². The molecule has 0 aliphatic heterocycles. The molecule has 1 heterocycles. The molecule has 3 heteroatoms. The Balaban J connectivity index is 2.09. The summed E-state index contributed by atoms with van der Waals surface area (Å²) in [5, 5.41) is -0.0699. The van der Waals surface area contributed by atoms with E-state index in [4.69, 9.17) is 20.8 Å². The Morgan fingerprint density at radius 1 is 1.35 bits per heavy atom. The van der Waals surface area contributed by atoms with Crippen LogP contribution in [-0.2, 0) is 6.42 Å². The minimum absolute atomic E-state index is 0.0699. The van der Waals surface area contributed by atoms with Gasteiger partial charge in [0.2, 0.25) is 0 Å². The SMILES string of the molecule is COc1cccc(CC(Cl)c2coc(C)c2)c1. The number of rotatable bonds is 4. The van der Waals surface area contributed by atoms with Crippen LogP contribution in [0.5, 0.6) is 5.75 Å². The number of alkyl halides is 1. The second-order valence-electron chi connectivity index (χ2n) is 4.01. The summed E-state index contributed by atoms with van der Waals surface area (Å²) in [6.07, 6.45) is 2.48. The summed E-state index contributed by atoms with van der Waals surface area (Å²) in [5.74, 6) is 1.74. The fraction of sp³-hybridized carbons (Fsp3) is 0.286. The van der Waals surface area contributed by atoms with Crippen LogP contribution in [0.1, 0.15) is 22.3 Å². The summed E-state index contributed by atoms with van der Waals surface area (Å²) in [4.78, 5) is 0. The van der Waals surface area contributed by atoms with Gasteiger partial charge in [-0.25, -0.2) is 0 Å². The quantitative estimate of drug-likeness (QED) is 0.762. The molecule has 1 atom stereocenters. The largest absolute Gasteiger partial charge is 0.497 e. The fourth-order valence-electron chi connectivity index (χ4n) is 1.75. The van der Waals surface area contributed by atoms with Crippen LogP contribution in [-0.4, -0.2) is 7.11 Å². The molecule has 0 radical (unpaired) electrons. The minimum atomic E-state index is -0.0699. The molecule has 0 saturated heterocycles. The molecule has 0 amide bonds. The van der Waals surface area contributed by atoms with Gasteiger partial charge in [0.05, 0.1) is 18.8 Å². The molecule has 2 aromatic rings. The Kier molecular flexibility index (Phi) is 3.75. The average Bonchev–Trinajstić information content (AvgIpc) is 2.76. The lowest BCUT2D eigenvalue weighted by molar-refractivity contribution is 0.414. The van der Waals surface area contributed by atoms with Crippen LogP contribution in [0, 0.1) is 6.92 Å². The van der Waals surface area contributed by atoms with Gasteiger partial charge in [0.15, 0.2) is 0 Å². The maximum Gasteiger partial charge on any atom is 0.119 e. The summed E-state index contributed by atoms with van der Waals surface area (Å²) in [6, 6.07) is 9.91. The molecule has 0 aliphatic carbocycles. The first-order chi connectivity index (χ1) is 8.19. The number of aryl methyl sites for hydroxylation is 1. The maximum atomic E-state index is 6.35. The van der Waals surface area contributed by atoms with Crippen molar-refractivity contribution in [3.05, 3.63) is 53.5 Å². The second-order valence-corrected chi connectivity index (χ2v) is 4.54. The van der Waals surface area contributed by atoms with Crippen LogP contribution in [0.25, 0.3) is 0 Å². The van der Waals surface area contributed by atoms with Crippen LogP contribution in [0.4, 0.5) is 0 Å². The van der Waals surface area contributed by atoms with E-state index in [0.717, 1.165) is 29.1 Å². The van der Waals surface area contributed by atoms with Crippen LogP contribution in [0.2, 0.25) is 0 Å². The zero-order chi connectivity index (χ0) is 12.3. The van der Waals surface area contributed by atoms with Crippen molar-refractivity contribution in [1.29, 1.82) is 0 Å². The Morgan fingerprint density at radius 3 is 2.82 bits per heavy atom. The molecule has 1 aromatic carbocycles. The molecular formula is C14H15ClO2. The highest BCUT2D eigenvalue weighted by molar-refractivity contribution is 6.20. The van der Waals surface area contributed by atoms with E-state index >= 15 is 0 Å². The van der Waals surface area contributed by atoms with Gasteiger partial charge in [0, 0.05) is 5.56 Å². The van der Waals surface area contributed by atoms with Crippen molar-refractivity contribution >= 4 is 11.6 Å². The number of hydrogen-bond donors (Lipinski definition) is 0. The Morgan fingerprint density at radius 2 is 2.18 bits per heavy atom. The van der Waals surface area contributed by atoms with E-state index in [9.17, 15) is 0 Å². The Hall–Kier alpha value is -1.41. The summed E-state index contributed by atoms with van der Waals surface area (Å²) >= 11 is 6.35. The van der Waals surface area contributed by atoms with Gasteiger partial charge in [-0.15, -0.1) is 11.6 Å². The number of benzene rings is 1. The zero-order valence-electron chi connectivity index (χ0n) is 9.94. The van der Waals surface area contributed by atoms with Gasteiger partial charge in [0.1, 0.15) is 11.5 Å². The first kappa shape index (κ1) is 12.1. The monoisotopic (exact) mass is 250 g/mol. The predicted octanol–water partition coefficient (Wildman–Crippen LogP) is 4.12. The number of hydrogen-bond acceptors (Lipinski definition) is 2. The summed E-state index contributed by atoms with van der Waals surface area (Å²) in [5.41, 5.74) is 2.18. The second kappa shape index (κ2) is 5.28. The van der Waals surface area contributed by atoms with Gasteiger partial charge in [-0.05, 0) is 37.1 Å². The summed E-state index contributed by atoms with van der Waals surface area (Å²) in [7, 11) is 1.66. The lowest BCUT2D eigenvalue weighted by Crippen LogP contribution is -1.95. The topological polar surface area (TPSA) is 22.4 Å². The molecule has 0 aliphatic rings. The van der Waals surface area contributed by atoms with Crippen molar-refractivity contribution in [3.8, 4) is 5.75 Å². The first-order valence-corrected chi connectivity index (χ1v) is 5.94. The summed E-state index contributed by atoms with van der Waals surface area (Å²) in [6.45, 7) is 1.92. The molecule has 2 nitrogen and oxygen atoms in total. The summed E-state index contributed by atoms with van der Waals surface area (Å²) < 4.78 is 10.4. The van der Waals surface area contributed by atoms with Crippen LogP contribution < -0.4 is 4.74 Å². The van der Waals surface area contributed by atoms with Crippen molar-refractivity contribution in [2.24, 2.45) is 0 Å². The van der Waals surface area contributed by atoms with E-state index < -0.39 is 0 Å². The molecule has 1 unspecified atom stereocenters. The predicted molar refractivity (Wildman–Crippen MR) is 68.7 cm³/mol. The normalized spacial score (nSPS) is 12.4. The third-order valence-corrected chi connectivity index (χ3v) is 3.07. The molecule has 2 rings (SSSR count). The van der Waals surface area contributed by atoms with E-state index in [1.807, 2.05) is 37.3 Å². The molecule has 0 N–H and O–H groups in total. The Bertz CT molecular complexity index is 490. The van der Waals surface area contributed by atoms with Gasteiger partial charge in [-0.3, -0.25) is 0 Å². The molecule has 0 bridgehead atoms. The smallest absolute Gasteiger partial charge is 0.119 e. The highest BCUT2D eigenvalue weighted by atomic mass is 35.5. The highest BCUT2D eigenvalue weighted by Crippen LogP contribution is 2.27. The van der Waals surface area contributed by atoms with E-state index in [0.29, 0.717) is 0 Å². The first-order valence-electron chi connectivity index (χ1n) is 5.51. The number of ether oxygens (including phenoxy) is 1. The highest BCUT2D eigenvalue weighted by Gasteiger charge is 2.11. The third kappa shape index (κ3) is 3.04. The lowest BCUT2D eigenvalue weighted by atomic mass is 10.1. The third-order valence-electron chi connectivity index (χ3n) is 2.66. The number of methoxy groups -OCH3 is 1. The molecule has 1 aromatic heterocycles. The fourth-order valence-corrected chi connectivity index (χ4v) is 2.04. The molecule has 0 saturated carbocycles. The molecule has 0 fully saturated rings. The Labute approximate surface area is 106 Å². The van der Waals surface area contributed by atoms with Crippen molar-refractivity contribution in [2.45, 2.75) is 18.7 Å². The standard InChI is InChI=1S/C14H15ClO2/c1-10-6-12(9-17-10)14(15)8-11-4-3-5-13(7-11)16-2/h3-7,9,14H,8H2,1-2H3. The van der Waals surface area contributed by atoms with E-state index in [1.54, 1.807) is 13.4 Å². The van der Waals surface area contributed by atoms with Crippen molar-refractivity contribution < 1.29 is 9.15 Å². The van der Waals surface area contributed by atoms with Crippen LogP contribution in [0.3, 0.4) is 0 Å². The zero-order valence-corrected chi connectivity index (χ0v) is 10.7. The van der Waals surface area contributed by atoms with Gasteiger partial charge in [0.25, 0.3) is 0 Å². The van der Waals surface area contributed by atoms with E-state index in [1.165, 1.54) is 0 Å². The number of halogens is 1. The van der Waals surface area contributed by atoms with Crippen LogP contribution >= 0.6 is 11.6 Å². The van der Waals surface area contributed by atoms with Crippen LogP contribution in [0.15, 0.2) is 41.0 Å². The maximum absolute atomic E-state index is 6.35. The van der Waals surface area contributed by atoms with Crippen molar-refractivity contribution in [1.82, 2.24) is 0 Å². The number of furan rings is 1. The molecular weight excluding hydrogens is 236 g/mol. The molecule has 90 valence electrons. The van der Waals surface area contributed by atoms with Gasteiger partial charge < -0.3 is 9.15 Å².